The lowest BCUT2D eigenvalue weighted by molar-refractivity contribution is -0.0135. The summed E-state index contributed by atoms with van der Waals surface area (Å²) < 4.78 is 5.87. The standard InChI is InChI=1S/C27H35ClN6O2S/c1-18-7-6-8-21(28)20(18)15-22(35)23-17-29-26(37-23)32-24-16-25(31-19(2)30-24)34-11-9-33(10-12-34)13-14-36-27(3,4)5/h6-8,16-17H,9-15H2,1-5H3,(H,29,30,31,32). The molecule has 198 valence electrons. The minimum atomic E-state index is -0.107. The number of ketones is 1. The summed E-state index contributed by atoms with van der Waals surface area (Å²) >= 11 is 7.63. The van der Waals surface area contributed by atoms with Crippen molar-refractivity contribution in [1.29, 1.82) is 0 Å². The molecule has 1 aliphatic rings. The van der Waals surface area contributed by atoms with Crippen LogP contribution in [0.2, 0.25) is 5.02 Å². The van der Waals surface area contributed by atoms with Gasteiger partial charge in [-0.05, 0) is 51.8 Å². The van der Waals surface area contributed by atoms with Crippen LogP contribution in [-0.2, 0) is 11.2 Å². The van der Waals surface area contributed by atoms with E-state index < -0.39 is 0 Å². The molecule has 1 fully saturated rings. The number of aryl methyl sites for hydroxylation is 2. The molecule has 0 radical (unpaired) electrons. The fraction of sp³-hybridized carbons (Fsp3) is 0.481. The molecule has 0 atom stereocenters. The van der Waals surface area contributed by atoms with Crippen molar-refractivity contribution in [1.82, 2.24) is 19.9 Å². The molecule has 1 aliphatic heterocycles. The van der Waals surface area contributed by atoms with Crippen molar-refractivity contribution in [3.63, 3.8) is 0 Å². The van der Waals surface area contributed by atoms with Crippen molar-refractivity contribution in [2.45, 2.75) is 46.6 Å². The van der Waals surface area contributed by atoms with E-state index in [-0.39, 0.29) is 17.8 Å². The second-order valence-corrected chi connectivity index (χ2v) is 11.7. The van der Waals surface area contributed by atoms with E-state index in [1.165, 1.54) is 11.3 Å². The molecule has 0 saturated carbocycles. The highest BCUT2D eigenvalue weighted by Gasteiger charge is 2.20. The fourth-order valence-electron chi connectivity index (χ4n) is 4.17. The number of nitrogens with zero attached hydrogens (tertiary/aromatic N) is 5. The van der Waals surface area contributed by atoms with Gasteiger partial charge in [0.1, 0.15) is 17.5 Å². The molecule has 0 bridgehead atoms. The third-order valence-electron chi connectivity index (χ3n) is 6.17. The van der Waals surface area contributed by atoms with Gasteiger partial charge in [0.15, 0.2) is 10.9 Å². The average Bonchev–Trinajstić information content (AvgIpc) is 3.29. The Bertz CT molecular complexity index is 1210. The molecule has 3 aromatic rings. The van der Waals surface area contributed by atoms with Gasteiger partial charge in [0.25, 0.3) is 0 Å². The predicted octanol–water partition coefficient (Wildman–Crippen LogP) is 5.31. The minimum absolute atomic E-state index is 0.00734. The molecule has 3 heterocycles. The van der Waals surface area contributed by atoms with E-state index in [2.05, 4.69) is 50.8 Å². The first-order valence-electron chi connectivity index (χ1n) is 12.5. The number of nitrogens with one attached hydrogen (secondary N) is 1. The third kappa shape index (κ3) is 7.70. The summed E-state index contributed by atoms with van der Waals surface area (Å²) in [6.45, 7) is 15.5. The maximum Gasteiger partial charge on any atom is 0.188 e. The summed E-state index contributed by atoms with van der Waals surface area (Å²) in [5.41, 5.74) is 1.76. The van der Waals surface area contributed by atoms with Crippen LogP contribution in [0.5, 0.6) is 0 Å². The number of halogens is 1. The maximum absolute atomic E-state index is 12.9. The fourth-order valence-corrected chi connectivity index (χ4v) is 5.22. The molecular weight excluding hydrogens is 508 g/mol. The highest BCUT2D eigenvalue weighted by Crippen LogP contribution is 2.27. The number of hydrogen-bond donors (Lipinski definition) is 1. The number of anilines is 3. The van der Waals surface area contributed by atoms with Crippen LogP contribution < -0.4 is 10.2 Å². The monoisotopic (exact) mass is 542 g/mol. The van der Waals surface area contributed by atoms with Gasteiger partial charge < -0.3 is 15.0 Å². The van der Waals surface area contributed by atoms with Gasteiger partial charge >= 0.3 is 0 Å². The lowest BCUT2D eigenvalue weighted by Crippen LogP contribution is -2.48. The van der Waals surface area contributed by atoms with E-state index >= 15 is 0 Å². The third-order valence-corrected chi connectivity index (χ3v) is 7.48. The zero-order chi connectivity index (χ0) is 26.6. The molecule has 2 aromatic heterocycles. The predicted molar refractivity (Wildman–Crippen MR) is 151 cm³/mol. The SMILES string of the molecule is Cc1nc(Nc2ncc(C(=O)Cc3c(C)cccc3Cl)s2)cc(N2CCN(CCOC(C)(C)C)CC2)n1. The number of rotatable bonds is 9. The number of carbonyl (C=O) groups excluding carboxylic acids is 1. The molecule has 0 unspecified atom stereocenters. The smallest absolute Gasteiger partial charge is 0.188 e. The van der Waals surface area contributed by atoms with Gasteiger partial charge in [-0.15, -0.1) is 0 Å². The van der Waals surface area contributed by atoms with Crippen molar-refractivity contribution >= 4 is 45.5 Å². The van der Waals surface area contributed by atoms with E-state index in [1.807, 2.05) is 38.1 Å². The van der Waals surface area contributed by atoms with Gasteiger partial charge in [0.2, 0.25) is 0 Å². The van der Waals surface area contributed by atoms with Gasteiger partial charge in [-0.1, -0.05) is 35.1 Å². The van der Waals surface area contributed by atoms with Gasteiger partial charge in [-0.25, -0.2) is 15.0 Å². The van der Waals surface area contributed by atoms with Gasteiger partial charge in [0, 0.05) is 50.2 Å². The Hall–Kier alpha value is -2.59. The van der Waals surface area contributed by atoms with Gasteiger partial charge in [-0.2, -0.15) is 0 Å². The first-order valence-corrected chi connectivity index (χ1v) is 13.7. The van der Waals surface area contributed by atoms with Crippen LogP contribution in [0.3, 0.4) is 0 Å². The number of piperazine rings is 1. The Kier molecular flexibility index (Phi) is 8.79. The molecular formula is C27H35ClN6O2S. The van der Waals surface area contributed by atoms with Crippen LogP contribution in [0.15, 0.2) is 30.5 Å². The van der Waals surface area contributed by atoms with Crippen molar-refractivity contribution in [3.8, 4) is 0 Å². The van der Waals surface area contributed by atoms with Crippen LogP contribution >= 0.6 is 22.9 Å². The number of Topliss-reactive ketones (excluding diaryl/α,β-unsaturated/α-hetero) is 1. The molecule has 1 saturated heterocycles. The molecule has 0 aliphatic carbocycles. The summed E-state index contributed by atoms with van der Waals surface area (Å²) in [5.74, 6) is 2.23. The lowest BCUT2D eigenvalue weighted by atomic mass is 10.0. The molecule has 0 spiro atoms. The van der Waals surface area contributed by atoms with E-state index in [4.69, 9.17) is 16.3 Å². The van der Waals surface area contributed by atoms with Crippen molar-refractivity contribution < 1.29 is 9.53 Å². The highest BCUT2D eigenvalue weighted by molar-refractivity contribution is 7.17. The molecule has 8 nitrogen and oxygen atoms in total. The highest BCUT2D eigenvalue weighted by atomic mass is 35.5. The molecule has 37 heavy (non-hydrogen) atoms. The lowest BCUT2D eigenvalue weighted by Gasteiger charge is -2.36. The Morgan fingerprint density at radius 1 is 1.16 bits per heavy atom. The average molecular weight is 543 g/mol. The molecule has 4 rings (SSSR count). The zero-order valence-electron chi connectivity index (χ0n) is 22.2. The topological polar surface area (TPSA) is 83.5 Å². The number of thiazole rings is 1. The zero-order valence-corrected chi connectivity index (χ0v) is 23.7. The summed E-state index contributed by atoms with van der Waals surface area (Å²) in [4.78, 5) is 31.8. The molecule has 1 N–H and O–H groups in total. The molecule has 0 amide bonds. The van der Waals surface area contributed by atoms with E-state index in [1.54, 1.807) is 6.20 Å². The number of aromatic nitrogens is 3. The number of benzene rings is 1. The molecule has 1 aromatic carbocycles. The van der Waals surface area contributed by atoms with Crippen molar-refractivity contribution in [3.05, 3.63) is 57.3 Å². The summed E-state index contributed by atoms with van der Waals surface area (Å²) in [6, 6.07) is 7.61. The van der Waals surface area contributed by atoms with Crippen LogP contribution in [-0.4, -0.2) is 70.6 Å². The maximum atomic E-state index is 12.9. The Labute approximate surface area is 228 Å². The van der Waals surface area contributed by atoms with E-state index in [9.17, 15) is 4.79 Å². The second kappa shape index (κ2) is 11.9. The summed E-state index contributed by atoms with van der Waals surface area (Å²) in [7, 11) is 0. The Morgan fingerprint density at radius 3 is 2.62 bits per heavy atom. The van der Waals surface area contributed by atoms with Gasteiger partial charge in [-0.3, -0.25) is 9.69 Å². The number of carbonyl (C=O) groups is 1. The first-order chi connectivity index (χ1) is 17.6. The Balaban J connectivity index is 1.35. The first kappa shape index (κ1) is 27.4. The second-order valence-electron chi connectivity index (χ2n) is 10.2. The number of hydrogen-bond acceptors (Lipinski definition) is 9. The quantitative estimate of drug-likeness (QED) is 0.364. The van der Waals surface area contributed by atoms with Crippen LogP contribution in [0.25, 0.3) is 0 Å². The van der Waals surface area contributed by atoms with Crippen molar-refractivity contribution in [2.75, 3.05) is 49.5 Å². The van der Waals surface area contributed by atoms with Gasteiger partial charge in [0.05, 0.1) is 23.3 Å². The van der Waals surface area contributed by atoms with Crippen LogP contribution in [0.1, 0.15) is 47.4 Å². The van der Waals surface area contributed by atoms with Crippen LogP contribution in [0.4, 0.5) is 16.8 Å². The number of ether oxygens (including phenoxy) is 1. The summed E-state index contributed by atoms with van der Waals surface area (Å²) in [5, 5.41) is 4.49. The largest absolute Gasteiger partial charge is 0.375 e. The van der Waals surface area contributed by atoms with Crippen molar-refractivity contribution in [2.24, 2.45) is 0 Å². The van der Waals surface area contributed by atoms with E-state index in [0.29, 0.717) is 26.7 Å². The molecule has 10 heteroatoms. The minimum Gasteiger partial charge on any atom is -0.375 e. The normalized spacial score (nSPS) is 14.7. The Morgan fingerprint density at radius 2 is 1.92 bits per heavy atom. The van der Waals surface area contributed by atoms with Crippen LogP contribution in [0, 0.1) is 13.8 Å². The summed E-state index contributed by atoms with van der Waals surface area (Å²) in [6.07, 6.45) is 1.86. The van der Waals surface area contributed by atoms with E-state index in [0.717, 1.165) is 56.3 Å².